The number of rotatable bonds is 9. The first-order valence-electron chi connectivity index (χ1n) is 11.6. The van der Waals surface area contributed by atoms with Crippen molar-refractivity contribution in [1.29, 1.82) is 0 Å². The van der Waals surface area contributed by atoms with Gasteiger partial charge in [0.1, 0.15) is 18.4 Å². The van der Waals surface area contributed by atoms with E-state index in [2.05, 4.69) is 10.1 Å². The van der Waals surface area contributed by atoms with E-state index >= 15 is 0 Å². The van der Waals surface area contributed by atoms with Gasteiger partial charge in [0.15, 0.2) is 0 Å². The van der Waals surface area contributed by atoms with Crippen molar-refractivity contribution in [2.45, 2.75) is 32.3 Å². The van der Waals surface area contributed by atoms with Crippen LogP contribution in [0.2, 0.25) is 0 Å². The van der Waals surface area contributed by atoms with Crippen molar-refractivity contribution >= 4 is 0 Å². The van der Waals surface area contributed by atoms with Crippen LogP contribution >= 0.6 is 0 Å². The van der Waals surface area contributed by atoms with Gasteiger partial charge in [0.05, 0.1) is 17.5 Å². The fraction of sp³-hybridized carbons (Fsp3) is 0.600. The monoisotopic (exact) mass is 279 g/mol. The average Bonchev–Trinajstić information content (AvgIpc) is 2.51. The molecule has 2 N–H and O–H groups in total. The molecule has 0 saturated heterocycles. The van der Waals surface area contributed by atoms with E-state index in [4.69, 9.17) is 21.2 Å². The summed E-state index contributed by atoms with van der Waals surface area (Å²) in [5, 5.41) is 12.5. The first-order valence-corrected chi connectivity index (χ1v) is 5.55. The second-order valence-electron chi connectivity index (χ2n) is 3.83. The maximum absolute atomic E-state index is 10.2. The summed E-state index contributed by atoms with van der Waals surface area (Å²) in [4.78, 5) is 0. The molecule has 1 unspecified atom stereocenters. The van der Waals surface area contributed by atoms with Crippen LogP contribution in [-0.4, -0.2) is 43.9 Å². The van der Waals surface area contributed by atoms with Crippen LogP contribution in [0.5, 0.6) is 5.75 Å². The Bertz CT molecular complexity index is 747. The molecule has 0 aromatic heterocycles. The van der Waals surface area contributed by atoms with Crippen LogP contribution in [0, 0.1) is 0 Å². The number of benzene rings is 1. The van der Waals surface area contributed by atoms with Gasteiger partial charge < -0.3 is 19.9 Å². The van der Waals surface area contributed by atoms with Crippen LogP contribution in [0.3, 0.4) is 0 Å². The minimum Gasteiger partial charge on any atom is -0.491 e. The lowest BCUT2D eigenvalue weighted by Crippen LogP contribution is -2.35. The molecular weight excluding hydrogens is 242 g/mol. The van der Waals surface area contributed by atoms with E-state index in [1.54, 1.807) is 0 Å². The van der Waals surface area contributed by atoms with Crippen LogP contribution in [0.15, 0.2) is 24.3 Å². The van der Waals surface area contributed by atoms with Gasteiger partial charge in [-0.3, -0.25) is 0 Å². The van der Waals surface area contributed by atoms with E-state index in [0.717, 1.165) is 24.3 Å². The summed E-state index contributed by atoms with van der Waals surface area (Å²) in [5.74, 6) is -0.326. The molecule has 4 heteroatoms. The third kappa shape index (κ3) is 7.15. The normalized spacial score (nSPS) is 27.4. The summed E-state index contributed by atoms with van der Waals surface area (Å²) in [6.07, 6.45) is -6.32. The predicted molar refractivity (Wildman–Crippen MR) is 76.7 cm³/mol. The van der Waals surface area contributed by atoms with Crippen LogP contribution in [0.4, 0.5) is 0 Å². The predicted octanol–water partition coefficient (Wildman–Crippen LogP) is 1.61. The third-order valence-electron chi connectivity index (χ3n) is 1.85. The third-order valence-corrected chi connectivity index (χ3v) is 1.85. The van der Waals surface area contributed by atoms with E-state index in [1.807, 2.05) is 0 Å². The Morgan fingerprint density at radius 1 is 1.42 bits per heavy atom. The number of hydrogen-bond donors (Lipinski definition) is 2. The zero-order chi connectivity index (χ0) is 24.7. The summed E-state index contributed by atoms with van der Waals surface area (Å²) in [7, 11) is -3.20. The first kappa shape index (κ1) is 5.72. The fourth-order valence-electron chi connectivity index (χ4n) is 1.04. The first-order chi connectivity index (χ1) is 13.6. The Hall–Kier alpha value is -1.10. The highest BCUT2D eigenvalue weighted by atomic mass is 16.5. The SMILES string of the molecule is [2H]C([2H])([2H])OC([2H])([2H])C([2H])([2H])c1ccc(OC([2H])([2H])C([2H])(O)C([2H])([2H])NC(C)C)cc1. The van der Waals surface area contributed by atoms with Gasteiger partial charge in [-0.1, -0.05) is 26.0 Å². The molecule has 1 rings (SSSR count). The van der Waals surface area contributed by atoms with Crippen molar-refractivity contribution in [1.82, 2.24) is 5.32 Å². The molecule has 1 atom stereocenters. The molecule has 0 radical (unpaired) electrons. The average molecular weight is 279 g/mol. The number of ether oxygens (including phenoxy) is 2. The van der Waals surface area contributed by atoms with E-state index in [0.29, 0.717) is 0 Å². The molecule has 0 bridgehead atoms. The summed E-state index contributed by atoms with van der Waals surface area (Å²) < 4.78 is 100. The number of nitrogens with one attached hydrogen (secondary N) is 1. The molecular formula is C15H25NO3. The number of aliphatic hydroxyl groups is 1. The molecule has 0 aliphatic rings. The topological polar surface area (TPSA) is 50.7 Å². The maximum Gasteiger partial charge on any atom is 0.119 e. The highest BCUT2D eigenvalue weighted by Gasteiger charge is 2.05. The second-order valence-corrected chi connectivity index (χ2v) is 3.83. The number of hydrogen-bond acceptors (Lipinski definition) is 4. The van der Waals surface area contributed by atoms with Gasteiger partial charge in [-0.15, -0.1) is 0 Å². The Morgan fingerprint density at radius 3 is 2.79 bits per heavy atom. The highest BCUT2D eigenvalue weighted by Crippen LogP contribution is 2.12. The van der Waals surface area contributed by atoms with Crippen molar-refractivity contribution < 1.29 is 31.0 Å². The molecule has 0 aliphatic heterocycles. The van der Waals surface area contributed by atoms with Crippen LogP contribution < -0.4 is 10.1 Å². The Balaban J connectivity index is 3.14. The van der Waals surface area contributed by atoms with Crippen molar-refractivity contribution in [3.05, 3.63) is 29.8 Å². The van der Waals surface area contributed by atoms with Crippen molar-refractivity contribution in [2.24, 2.45) is 0 Å². The van der Waals surface area contributed by atoms with Gasteiger partial charge in [-0.2, -0.15) is 0 Å². The number of methoxy groups -OCH3 is 1. The Kier molecular flexibility index (Phi) is 2.68. The minimum absolute atomic E-state index is 0.326. The van der Waals surface area contributed by atoms with Gasteiger partial charge in [-0.25, -0.2) is 0 Å². The molecule has 0 heterocycles. The van der Waals surface area contributed by atoms with Gasteiger partial charge in [-0.05, 0) is 24.1 Å². The van der Waals surface area contributed by atoms with Crippen molar-refractivity contribution in [2.75, 3.05) is 26.7 Å². The lowest BCUT2D eigenvalue weighted by molar-refractivity contribution is 0.104. The highest BCUT2D eigenvalue weighted by molar-refractivity contribution is 5.27. The van der Waals surface area contributed by atoms with Gasteiger partial charge in [0.2, 0.25) is 0 Å². The maximum atomic E-state index is 10.2. The molecule has 19 heavy (non-hydrogen) atoms. The van der Waals surface area contributed by atoms with Crippen molar-refractivity contribution in [3.8, 4) is 5.75 Å². The molecule has 1 aromatic carbocycles. The zero-order valence-electron chi connectivity index (χ0n) is 22.7. The Labute approximate surface area is 132 Å². The largest absolute Gasteiger partial charge is 0.491 e. The summed E-state index contributed by atoms with van der Waals surface area (Å²) >= 11 is 0. The van der Waals surface area contributed by atoms with E-state index in [-0.39, 0.29) is 11.3 Å². The molecule has 1 aromatic rings. The van der Waals surface area contributed by atoms with E-state index in [9.17, 15) is 5.11 Å². The summed E-state index contributed by atoms with van der Waals surface area (Å²) in [5.41, 5.74) is -0.354. The zero-order valence-corrected chi connectivity index (χ0v) is 10.7. The summed E-state index contributed by atoms with van der Waals surface area (Å²) in [6.45, 7) is -6.35. The van der Waals surface area contributed by atoms with Crippen LogP contribution in [0.1, 0.15) is 35.9 Å². The second kappa shape index (κ2) is 8.91. The molecule has 0 amide bonds. The molecule has 108 valence electrons. The standard InChI is InChI=1S/C15H25NO3/c1-12(2)16-10-14(17)11-19-15-6-4-13(5-7-15)8-9-18-3/h4-7,12,14,16-17H,8-11H2,1-3H3/i3D3,8D2,9D2,10D2,11D2,14D. The smallest absolute Gasteiger partial charge is 0.119 e. The van der Waals surface area contributed by atoms with E-state index in [1.165, 1.54) is 13.8 Å². The van der Waals surface area contributed by atoms with Crippen molar-refractivity contribution in [3.63, 3.8) is 0 Å². The molecule has 0 spiro atoms. The lowest BCUT2D eigenvalue weighted by Gasteiger charge is -2.15. The molecule has 0 aliphatic carbocycles. The van der Waals surface area contributed by atoms with Gasteiger partial charge in [0.25, 0.3) is 0 Å². The molecule has 4 nitrogen and oxygen atoms in total. The molecule has 0 fully saturated rings. The van der Waals surface area contributed by atoms with Crippen LogP contribution in [0.25, 0.3) is 0 Å². The Morgan fingerprint density at radius 2 is 2.16 bits per heavy atom. The lowest BCUT2D eigenvalue weighted by atomic mass is 10.1. The van der Waals surface area contributed by atoms with Crippen LogP contribution in [-0.2, 0) is 11.1 Å². The fourth-order valence-corrected chi connectivity index (χ4v) is 1.04. The quantitative estimate of drug-likeness (QED) is 0.721. The van der Waals surface area contributed by atoms with Gasteiger partial charge in [0, 0.05) is 25.1 Å². The van der Waals surface area contributed by atoms with E-state index < -0.39 is 45.1 Å². The minimum atomic E-state index is -3.40. The van der Waals surface area contributed by atoms with Gasteiger partial charge >= 0.3 is 0 Å². The number of aryl methyl sites for hydroxylation is 1. The molecule has 0 saturated carbocycles. The summed E-state index contributed by atoms with van der Waals surface area (Å²) in [6, 6.07) is 3.43.